The molecule has 0 N–H and O–H groups in total. The van der Waals surface area contributed by atoms with Crippen LogP contribution in [0.1, 0.15) is 21.9 Å². The van der Waals surface area contributed by atoms with Crippen molar-refractivity contribution in [3.8, 4) is 5.75 Å². The van der Waals surface area contributed by atoms with Gasteiger partial charge >= 0.3 is 5.97 Å². The molecule has 0 fully saturated rings. The molecule has 1 aromatic heterocycles. The van der Waals surface area contributed by atoms with Crippen molar-refractivity contribution < 1.29 is 23.5 Å². The van der Waals surface area contributed by atoms with Gasteiger partial charge in [-0.15, -0.1) is 0 Å². The van der Waals surface area contributed by atoms with E-state index in [1.807, 2.05) is 54.6 Å². The molecule has 28 heavy (non-hydrogen) atoms. The summed E-state index contributed by atoms with van der Waals surface area (Å²) in [6, 6.07) is 20.2. The zero-order valence-corrected chi connectivity index (χ0v) is 15.2. The number of esters is 1. The monoisotopic (exact) mass is 377 g/mol. The first kappa shape index (κ1) is 17.9. The van der Waals surface area contributed by atoms with E-state index in [9.17, 15) is 9.59 Å². The zero-order chi connectivity index (χ0) is 19.3. The molecule has 142 valence electrons. The largest absolute Gasteiger partial charge is 0.486 e. The maximum absolute atomic E-state index is 12.4. The fourth-order valence-corrected chi connectivity index (χ4v) is 3.11. The Hall–Kier alpha value is -3.54. The molecule has 4 rings (SSSR count). The number of benzene rings is 2. The molecule has 0 unspecified atom stereocenters. The van der Waals surface area contributed by atoms with Gasteiger partial charge in [-0.3, -0.25) is 4.79 Å². The van der Waals surface area contributed by atoms with Crippen molar-refractivity contribution in [2.24, 2.45) is 0 Å². The summed E-state index contributed by atoms with van der Waals surface area (Å²) in [5, 5.41) is 0. The van der Waals surface area contributed by atoms with E-state index in [1.165, 1.54) is 6.07 Å². The molecule has 0 saturated carbocycles. The van der Waals surface area contributed by atoms with Gasteiger partial charge in [0.15, 0.2) is 6.61 Å². The van der Waals surface area contributed by atoms with Crippen molar-refractivity contribution in [3.63, 3.8) is 0 Å². The molecule has 2 heterocycles. The van der Waals surface area contributed by atoms with Crippen molar-refractivity contribution in [2.45, 2.75) is 13.0 Å². The Bertz CT molecular complexity index is 979. The lowest BCUT2D eigenvalue weighted by Gasteiger charge is -2.16. The normalized spacial score (nSPS) is 12.5. The van der Waals surface area contributed by atoms with E-state index in [4.69, 9.17) is 13.9 Å². The lowest BCUT2D eigenvalue weighted by Crippen LogP contribution is -2.33. The molecule has 1 aliphatic rings. The Labute approximate surface area is 162 Å². The lowest BCUT2D eigenvalue weighted by atomic mass is 10.2. The Morgan fingerprint density at radius 3 is 2.61 bits per heavy atom. The SMILES string of the molecule is O=C(OCC(=O)N1CCc2ccccc21)c1ccc(COc2ccccc2)o1. The number of para-hydroxylation sites is 2. The zero-order valence-electron chi connectivity index (χ0n) is 15.2. The molecule has 0 saturated heterocycles. The highest BCUT2D eigenvalue weighted by atomic mass is 16.6. The molecular weight excluding hydrogens is 358 g/mol. The number of ether oxygens (including phenoxy) is 2. The highest BCUT2D eigenvalue weighted by molar-refractivity contribution is 5.98. The molecule has 3 aromatic rings. The van der Waals surface area contributed by atoms with E-state index in [0.717, 1.165) is 17.7 Å². The second kappa shape index (κ2) is 8.00. The molecule has 0 atom stereocenters. The molecular formula is C22H19NO5. The third-order valence-electron chi connectivity index (χ3n) is 4.50. The molecule has 1 aliphatic heterocycles. The lowest BCUT2D eigenvalue weighted by molar-refractivity contribution is -0.121. The van der Waals surface area contributed by atoms with E-state index in [2.05, 4.69) is 0 Å². The summed E-state index contributed by atoms with van der Waals surface area (Å²) in [6.07, 6.45) is 0.804. The van der Waals surface area contributed by atoms with Gasteiger partial charge in [-0.25, -0.2) is 4.79 Å². The molecule has 6 nitrogen and oxygen atoms in total. The van der Waals surface area contributed by atoms with E-state index >= 15 is 0 Å². The van der Waals surface area contributed by atoms with Crippen LogP contribution in [-0.2, 0) is 22.6 Å². The van der Waals surface area contributed by atoms with Gasteiger partial charge in [0, 0.05) is 12.2 Å². The van der Waals surface area contributed by atoms with E-state index in [1.54, 1.807) is 11.0 Å². The van der Waals surface area contributed by atoms with Gasteiger partial charge in [0.2, 0.25) is 5.76 Å². The van der Waals surface area contributed by atoms with Crippen molar-refractivity contribution in [3.05, 3.63) is 83.8 Å². The summed E-state index contributed by atoms with van der Waals surface area (Å²) in [5.74, 6) is 0.320. The predicted molar refractivity (Wildman–Crippen MR) is 102 cm³/mol. The van der Waals surface area contributed by atoms with Crippen LogP contribution < -0.4 is 9.64 Å². The predicted octanol–water partition coefficient (Wildman–Crippen LogP) is 3.60. The number of amides is 1. The van der Waals surface area contributed by atoms with Crippen LogP contribution in [-0.4, -0.2) is 25.0 Å². The minimum atomic E-state index is -0.674. The fourth-order valence-electron chi connectivity index (χ4n) is 3.11. The molecule has 0 bridgehead atoms. The van der Waals surface area contributed by atoms with Crippen LogP contribution in [0.3, 0.4) is 0 Å². The Morgan fingerprint density at radius 2 is 1.75 bits per heavy atom. The fraction of sp³-hybridized carbons (Fsp3) is 0.182. The van der Waals surface area contributed by atoms with Crippen molar-refractivity contribution in [1.82, 2.24) is 0 Å². The van der Waals surface area contributed by atoms with Crippen molar-refractivity contribution in [1.29, 1.82) is 0 Å². The van der Waals surface area contributed by atoms with Crippen LogP contribution in [0.25, 0.3) is 0 Å². The first-order chi connectivity index (χ1) is 13.7. The summed E-state index contributed by atoms with van der Waals surface area (Å²) in [6.45, 7) is 0.460. The number of nitrogens with zero attached hydrogens (tertiary/aromatic N) is 1. The maximum atomic E-state index is 12.4. The Balaban J connectivity index is 1.30. The smallest absolute Gasteiger partial charge is 0.374 e. The van der Waals surface area contributed by atoms with Crippen LogP contribution in [0.15, 0.2) is 71.1 Å². The highest BCUT2D eigenvalue weighted by Gasteiger charge is 2.25. The van der Waals surface area contributed by atoms with Crippen LogP contribution in [0, 0.1) is 0 Å². The number of rotatable bonds is 6. The van der Waals surface area contributed by atoms with Crippen LogP contribution >= 0.6 is 0 Å². The molecule has 6 heteroatoms. The highest BCUT2D eigenvalue weighted by Crippen LogP contribution is 2.27. The first-order valence-electron chi connectivity index (χ1n) is 9.02. The van der Waals surface area contributed by atoms with Gasteiger partial charge in [-0.2, -0.15) is 0 Å². The molecule has 0 spiro atoms. The first-order valence-corrected chi connectivity index (χ1v) is 9.02. The minimum Gasteiger partial charge on any atom is -0.486 e. The number of anilines is 1. The van der Waals surface area contributed by atoms with Gasteiger partial charge in [0.25, 0.3) is 5.91 Å². The quantitative estimate of drug-likeness (QED) is 0.614. The van der Waals surface area contributed by atoms with Gasteiger partial charge in [-0.05, 0) is 42.3 Å². The number of fused-ring (bicyclic) bond motifs is 1. The summed E-state index contributed by atoms with van der Waals surface area (Å²) >= 11 is 0. The molecule has 2 aromatic carbocycles. The number of hydrogen-bond acceptors (Lipinski definition) is 5. The maximum Gasteiger partial charge on any atom is 0.374 e. The Morgan fingerprint density at radius 1 is 0.964 bits per heavy atom. The van der Waals surface area contributed by atoms with Gasteiger partial charge in [0.05, 0.1) is 0 Å². The summed E-state index contributed by atoms with van der Waals surface area (Å²) in [4.78, 5) is 26.2. The number of carbonyl (C=O) groups excluding carboxylic acids is 2. The number of carbonyl (C=O) groups is 2. The summed E-state index contributed by atoms with van der Waals surface area (Å²) in [5.41, 5.74) is 2.00. The Kier molecular flexibility index (Phi) is 5.10. The molecule has 1 amide bonds. The third kappa shape index (κ3) is 3.91. The molecule has 0 radical (unpaired) electrons. The number of furan rings is 1. The standard InChI is InChI=1S/C22H19NO5/c24-21(23-13-12-16-6-4-5-9-19(16)23)15-27-22(25)20-11-10-18(28-20)14-26-17-7-2-1-3-8-17/h1-11H,12-15H2. The van der Waals surface area contributed by atoms with E-state index < -0.39 is 5.97 Å². The molecule has 0 aliphatic carbocycles. The number of hydrogen-bond donors (Lipinski definition) is 0. The summed E-state index contributed by atoms with van der Waals surface area (Å²) < 4.78 is 16.2. The second-order valence-electron chi connectivity index (χ2n) is 6.37. The topological polar surface area (TPSA) is 69.0 Å². The van der Waals surface area contributed by atoms with Crippen molar-refractivity contribution in [2.75, 3.05) is 18.1 Å². The average molecular weight is 377 g/mol. The summed E-state index contributed by atoms with van der Waals surface area (Å²) in [7, 11) is 0. The van der Waals surface area contributed by atoms with E-state index in [-0.39, 0.29) is 24.9 Å². The second-order valence-corrected chi connectivity index (χ2v) is 6.37. The van der Waals surface area contributed by atoms with Crippen LogP contribution in [0.2, 0.25) is 0 Å². The van der Waals surface area contributed by atoms with Gasteiger partial charge < -0.3 is 18.8 Å². The average Bonchev–Trinajstić information content (AvgIpc) is 3.38. The van der Waals surface area contributed by atoms with Crippen LogP contribution in [0.4, 0.5) is 5.69 Å². The van der Waals surface area contributed by atoms with Crippen LogP contribution in [0.5, 0.6) is 5.75 Å². The van der Waals surface area contributed by atoms with Gasteiger partial charge in [-0.1, -0.05) is 36.4 Å². The third-order valence-corrected chi connectivity index (χ3v) is 4.50. The van der Waals surface area contributed by atoms with E-state index in [0.29, 0.717) is 18.1 Å². The minimum absolute atomic E-state index is 0.0429. The van der Waals surface area contributed by atoms with Crippen molar-refractivity contribution >= 4 is 17.6 Å². The van der Waals surface area contributed by atoms with Gasteiger partial charge in [0.1, 0.15) is 18.1 Å².